The van der Waals surface area contributed by atoms with Crippen LogP contribution in [0.5, 0.6) is 0 Å². The first-order chi connectivity index (χ1) is 8.29. The maximum absolute atomic E-state index is 12.1. The minimum atomic E-state index is 0. The van der Waals surface area contributed by atoms with Gasteiger partial charge in [-0.25, -0.2) is 9.67 Å². The van der Waals surface area contributed by atoms with E-state index in [9.17, 15) is 4.79 Å². The van der Waals surface area contributed by atoms with Gasteiger partial charge in [-0.05, 0) is 24.1 Å². The molecule has 2 aromatic heterocycles. The van der Waals surface area contributed by atoms with Crippen LogP contribution in [0.25, 0.3) is 5.82 Å². The van der Waals surface area contributed by atoms with Crippen molar-refractivity contribution < 1.29 is 0 Å². The molecule has 0 unspecified atom stereocenters. The van der Waals surface area contributed by atoms with Crippen molar-refractivity contribution in [1.29, 1.82) is 0 Å². The summed E-state index contributed by atoms with van der Waals surface area (Å²) in [5.74, 6) is 2.39. The molecule has 6 heteroatoms. The van der Waals surface area contributed by atoms with Crippen molar-refractivity contribution in [2.24, 2.45) is 0 Å². The molecule has 4 nitrogen and oxygen atoms in total. The van der Waals surface area contributed by atoms with Gasteiger partial charge in [0.25, 0.3) is 5.56 Å². The molecule has 0 saturated heterocycles. The summed E-state index contributed by atoms with van der Waals surface area (Å²) < 4.78 is 1.56. The zero-order chi connectivity index (χ0) is 11.8. The third kappa shape index (κ3) is 2.32. The number of nitrogens with zero attached hydrogens (tertiary/aromatic N) is 2. The van der Waals surface area contributed by atoms with E-state index in [-0.39, 0.29) is 35.1 Å². The number of hydrogen-bond acceptors (Lipinski definition) is 3. The first-order valence-electron chi connectivity index (χ1n) is 5.65. The number of pyridine rings is 1. The molecule has 1 radical (unpaired) electrons. The molecule has 0 fully saturated rings. The molecular weight excluding hydrogens is 257 g/mol. The molecule has 0 amide bonds. The van der Waals surface area contributed by atoms with Gasteiger partial charge in [0.2, 0.25) is 0 Å². The fourth-order valence-electron chi connectivity index (χ4n) is 2.00. The van der Waals surface area contributed by atoms with Crippen LogP contribution in [-0.2, 0) is 17.9 Å². The van der Waals surface area contributed by atoms with Crippen LogP contribution in [-0.4, -0.2) is 44.3 Å². The van der Waals surface area contributed by atoms with Gasteiger partial charge in [0.05, 0.1) is 11.3 Å². The summed E-state index contributed by atoms with van der Waals surface area (Å²) in [6.45, 7) is 2.09. The number of rotatable bonds is 2. The van der Waals surface area contributed by atoms with E-state index >= 15 is 0 Å². The molecule has 18 heavy (non-hydrogen) atoms. The molecule has 1 aliphatic rings. The molecule has 1 aliphatic heterocycles. The Morgan fingerprint density at radius 2 is 2.33 bits per heavy atom. The van der Waals surface area contributed by atoms with Crippen molar-refractivity contribution in [3.05, 3.63) is 45.5 Å². The zero-order valence-corrected chi connectivity index (χ0v) is 13.4. The average molecular weight is 270 g/mol. The van der Waals surface area contributed by atoms with Gasteiger partial charge in [-0.3, -0.25) is 9.89 Å². The molecule has 89 valence electrons. The van der Waals surface area contributed by atoms with Crippen LogP contribution < -0.4 is 5.56 Å². The Kier molecular flexibility index (Phi) is 4.37. The summed E-state index contributed by atoms with van der Waals surface area (Å²) in [7, 11) is 0. The number of thioether (sulfide) groups is 1. The summed E-state index contributed by atoms with van der Waals surface area (Å²) >= 11 is 1.77. The van der Waals surface area contributed by atoms with Gasteiger partial charge in [0, 0.05) is 47.3 Å². The Hall–Kier alpha value is -0.490. The molecule has 0 aromatic carbocycles. The Bertz CT molecular complexity index is 620. The van der Waals surface area contributed by atoms with E-state index in [4.69, 9.17) is 0 Å². The topological polar surface area (TPSA) is 50.7 Å². The number of nitrogens with one attached hydrogen (secondary N) is 1. The second-order valence-corrected chi connectivity index (χ2v) is 5.06. The van der Waals surface area contributed by atoms with E-state index in [1.807, 2.05) is 12.1 Å². The van der Waals surface area contributed by atoms with Gasteiger partial charge < -0.3 is 0 Å². The summed E-state index contributed by atoms with van der Waals surface area (Å²) in [4.78, 5) is 16.4. The van der Waals surface area contributed by atoms with Crippen LogP contribution in [0.1, 0.15) is 23.7 Å². The largest absolute Gasteiger partial charge is 0.292 e. The van der Waals surface area contributed by atoms with Crippen LogP contribution in [0.4, 0.5) is 0 Å². The van der Waals surface area contributed by atoms with Gasteiger partial charge in [0.1, 0.15) is 0 Å². The first-order valence-corrected chi connectivity index (χ1v) is 6.81. The summed E-state index contributed by atoms with van der Waals surface area (Å²) in [5, 5.41) is 3.15. The minimum absolute atomic E-state index is 0. The van der Waals surface area contributed by atoms with Crippen molar-refractivity contribution in [3.8, 4) is 5.82 Å². The number of hydrogen-bond donors (Lipinski definition) is 1. The number of fused-ring (bicyclic) bond motifs is 1. The summed E-state index contributed by atoms with van der Waals surface area (Å²) in [5.41, 5.74) is 3.18. The number of aromatic nitrogens is 3. The normalized spacial score (nSPS) is 13.2. The molecular formula is C12H13N3NaOS. The molecule has 0 atom stereocenters. The maximum atomic E-state index is 12.1. The molecule has 1 N–H and O–H groups in total. The quantitative estimate of drug-likeness (QED) is 0.841. The van der Waals surface area contributed by atoms with Gasteiger partial charge in [0.15, 0.2) is 5.82 Å². The van der Waals surface area contributed by atoms with Crippen LogP contribution in [0.3, 0.4) is 0 Å². The van der Waals surface area contributed by atoms with Gasteiger partial charge in [-0.15, -0.1) is 0 Å². The van der Waals surface area contributed by atoms with Crippen molar-refractivity contribution in [2.75, 3.05) is 0 Å². The Balaban J connectivity index is 0.00000120. The predicted molar refractivity (Wildman–Crippen MR) is 74.3 cm³/mol. The summed E-state index contributed by atoms with van der Waals surface area (Å²) in [6, 6.07) is 3.93. The van der Waals surface area contributed by atoms with Crippen LogP contribution >= 0.6 is 11.8 Å². The number of aromatic amines is 1. The third-order valence-corrected chi connectivity index (χ3v) is 4.00. The molecule has 2 aromatic rings. The maximum Gasteiger partial charge on any atom is 0.276 e. The molecule has 3 rings (SSSR count). The standard InChI is InChI=1S/C12H13N3OS.Na/c1-2-8-3-4-13-11(5-8)15-12(16)9-6-17-7-10(9)14-15;/h3-5,14H,2,6-7H2,1H3;. The van der Waals surface area contributed by atoms with Crippen molar-refractivity contribution >= 4 is 41.3 Å². The molecule has 3 heterocycles. The molecule has 0 saturated carbocycles. The van der Waals surface area contributed by atoms with Crippen molar-refractivity contribution in [1.82, 2.24) is 14.8 Å². The van der Waals surface area contributed by atoms with E-state index in [1.165, 1.54) is 5.56 Å². The molecule has 0 spiro atoms. The monoisotopic (exact) mass is 270 g/mol. The molecule has 0 bridgehead atoms. The summed E-state index contributed by atoms with van der Waals surface area (Å²) in [6.07, 6.45) is 2.70. The van der Waals surface area contributed by atoms with Gasteiger partial charge in [-0.2, -0.15) is 11.8 Å². The van der Waals surface area contributed by atoms with Crippen molar-refractivity contribution in [2.45, 2.75) is 24.9 Å². The van der Waals surface area contributed by atoms with Gasteiger partial charge >= 0.3 is 0 Å². The second kappa shape index (κ2) is 5.65. The Morgan fingerprint density at radius 1 is 1.50 bits per heavy atom. The van der Waals surface area contributed by atoms with Crippen LogP contribution in [0.2, 0.25) is 0 Å². The van der Waals surface area contributed by atoms with E-state index in [0.29, 0.717) is 5.82 Å². The second-order valence-electron chi connectivity index (χ2n) is 4.08. The van der Waals surface area contributed by atoms with E-state index in [1.54, 1.807) is 22.6 Å². The predicted octanol–water partition coefficient (Wildman–Crippen LogP) is 1.49. The smallest absolute Gasteiger partial charge is 0.276 e. The van der Waals surface area contributed by atoms with Crippen LogP contribution in [0, 0.1) is 0 Å². The Morgan fingerprint density at radius 3 is 3.06 bits per heavy atom. The SMILES string of the molecule is CCc1ccnc(-n2[nH]c3c(c2=O)CSC3)c1.[Na]. The molecule has 0 aliphatic carbocycles. The van der Waals surface area contributed by atoms with Crippen LogP contribution in [0.15, 0.2) is 23.1 Å². The Labute approximate surface area is 131 Å². The average Bonchev–Trinajstić information content (AvgIpc) is 2.93. The van der Waals surface area contributed by atoms with Gasteiger partial charge in [-0.1, -0.05) is 6.92 Å². The zero-order valence-electron chi connectivity index (χ0n) is 10.6. The fourth-order valence-corrected chi connectivity index (χ4v) is 3.05. The minimum Gasteiger partial charge on any atom is -0.292 e. The third-order valence-electron chi connectivity index (χ3n) is 3.01. The van der Waals surface area contributed by atoms with E-state index in [0.717, 1.165) is 29.2 Å². The van der Waals surface area contributed by atoms with E-state index in [2.05, 4.69) is 17.0 Å². The van der Waals surface area contributed by atoms with E-state index < -0.39 is 0 Å². The first kappa shape index (κ1) is 13.9. The van der Waals surface area contributed by atoms with Crippen molar-refractivity contribution in [3.63, 3.8) is 0 Å². The number of H-pyrrole nitrogens is 1. The number of aryl methyl sites for hydroxylation is 1. The fraction of sp³-hybridized carbons (Fsp3) is 0.333.